The van der Waals surface area contributed by atoms with E-state index in [-0.39, 0.29) is 11.3 Å². The summed E-state index contributed by atoms with van der Waals surface area (Å²) >= 11 is 6.08. The summed E-state index contributed by atoms with van der Waals surface area (Å²) in [6.45, 7) is 15.9. The summed E-state index contributed by atoms with van der Waals surface area (Å²) < 4.78 is 0. The predicted octanol–water partition coefficient (Wildman–Crippen LogP) is 5.09. The van der Waals surface area contributed by atoms with Gasteiger partial charge in [-0.3, -0.25) is 19.6 Å². The number of hydrogen-bond acceptors (Lipinski definition) is 4. The molecule has 2 aromatic rings. The van der Waals surface area contributed by atoms with E-state index in [0.29, 0.717) is 30.3 Å². The first-order valence-electron chi connectivity index (χ1n) is 11.6. The summed E-state index contributed by atoms with van der Waals surface area (Å²) in [5.41, 5.74) is 4.80. The van der Waals surface area contributed by atoms with Gasteiger partial charge in [-0.25, -0.2) is 4.85 Å². The molecule has 0 N–H and O–H groups in total. The molecule has 34 heavy (non-hydrogen) atoms. The summed E-state index contributed by atoms with van der Waals surface area (Å²) in [5, 5.41) is 0.683. The lowest BCUT2D eigenvalue weighted by Crippen LogP contribution is -2.59. The number of rotatable bonds is 4. The minimum Gasteiger partial charge on any atom is -0.315 e. The fourth-order valence-electron chi connectivity index (χ4n) is 4.95. The third-order valence-electron chi connectivity index (χ3n) is 6.64. The van der Waals surface area contributed by atoms with Gasteiger partial charge in [0.1, 0.15) is 0 Å². The lowest BCUT2D eigenvalue weighted by atomic mass is 9.89. The minimum atomic E-state index is 0.0410. The first kappa shape index (κ1) is 22.6. The van der Waals surface area contributed by atoms with Gasteiger partial charge in [-0.15, -0.1) is 0 Å². The number of benzene rings is 2. The van der Waals surface area contributed by atoms with Crippen molar-refractivity contribution >= 4 is 29.2 Å². The average Bonchev–Trinajstić information content (AvgIpc) is 2.83. The van der Waals surface area contributed by atoms with Crippen LogP contribution in [0.15, 0.2) is 64.8 Å². The van der Waals surface area contributed by atoms with Crippen LogP contribution in [-0.2, 0) is 17.9 Å². The Morgan fingerprint density at radius 2 is 1.91 bits per heavy atom. The van der Waals surface area contributed by atoms with E-state index in [0.717, 1.165) is 54.4 Å². The van der Waals surface area contributed by atoms with E-state index >= 15 is 0 Å². The minimum absolute atomic E-state index is 0.0410. The van der Waals surface area contributed by atoms with Crippen molar-refractivity contribution in [3.63, 3.8) is 0 Å². The maximum absolute atomic E-state index is 13.8. The van der Waals surface area contributed by atoms with Crippen LogP contribution in [0.4, 0.5) is 5.69 Å². The van der Waals surface area contributed by atoms with Crippen LogP contribution in [0.1, 0.15) is 31.4 Å². The molecule has 0 saturated heterocycles. The Hall–Kier alpha value is -3.14. The molecule has 0 fully saturated rings. The van der Waals surface area contributed by atoms with E-state index in [9.17, 15) is 4.79 Å². The third-order valence-corrected chi connectivity index (χ3v) is 6.89. The largest absolute Gasteiger partial charge is 0.315 e. The lowest BCUT2D eigenvalue weighted by molar-refractivity contribution is -0.126. The second kappa shape index (κ2) is 8.90. The van der Waals surface area contributed by atoms with E-state index in [1.165, 1.54) is 0 Å². The van der Waals surface area contributed by atoms with Crippen LogP contribution < -0.4 is 0 Å². The van der Waals surface area contributed by atoms with Crippen LogP contribution in [0.2, 0.25) is 5.02 Å². The van der Waals surface area contributed by atoms with E-state index in [1.54, 1.807) is 0 Å². The predicted molar refractivity (Wildman–Crippen MR) is 134 cm³/mol. The molecule has 0 atom stereocenters. The highest BCUT2D eigenvalue weighted by molar-refractivity contribution is 6.30. The zero-order valence-electron chi connectivity index (χ0n) is 19.6. The highest BCUT2D eigenvalue weighted by Crippen LogP contribution is 2.36. The zero-order chi connectivity index (χ0) is 23.9. The Balaban J connectivity index is 1.45. The second-order valence-electron chi connectivity index (χ2n) is 10.1. The standard InChI is InChI=1S/C27H28ClN5O/c1-27(2)17-30-26-32(15-19-7-9-21(28)10-8-19)25(34)23-16-31(12-11-24(23)33(26)18-27)14-20-5-4-6-22(13-20)29-3/h4-10,13H,11-12,14-18H2,1-2H3. The Kier molecular flexibility index (Phi) is 5.93. The van der Waals surface area contributed by atoms with E-state index < -0.39 is 0 Å². The molecule has 0 spiro atoms. The van der Waals surface area contributed by atoms with Gasteiger partial charge in [-0.2, -0.15) is 0 Å². The topological polar surface area (TPSA) is 43.5 Å². The average molecular weight is 474 g/mol. The van der Waals surface area contributed by atoms with Gasteiger partial charge in [0.25, 0.3) is 5.91 Å². The van der Waals surface area contributed by atoms with Crippen molar-refractivity contribution in [1.82, 2.24) is 14.7 Å². The van der Waals surface area contributed by atoms with Gasteiger partial charge >= 0.3 is 0 Å². The van der Waals surface area contributed by atoms with E-state index in [2.05, 4.69) is 28.5 Å². The molecule has 2 aromatic carbocycles. The molecular weight excluding hydrogens is 446 g/mol. The number of aliphatic imine (C=N–C) groups is 1. The molecule has 1 amide bonds. The van der Waals surface area contributed by atoms with Gasteiger partial charge in [0.2, 0.25) is 5.96 Å². The molecule has 5 rings (SSSR count). The van der Waals surface area contributed by atoms with Gasteiger partial charge in [-0.1, -0.05) is 61.8 Å². The molecule has 3 aliphatic heterocycles. The number of hydrogen-bond donors (Lipinski definition) is 0. The number of carbonyl (C=O) groups excluding carboxylic acids is 1. The molecule has 0 unspecified atom stereocenters. The van der Waals surface area contributed by atoms with Gasteiger partial charge in [0.05, 0.1) is 18.7 Å². The Bertz CT molecular complexity index is 1220. The highest BCUT2D eigenvalue weighted by atomic mass is 35.5. The van der Waals surface area contributed by atoms with E-state index in [4.69, 9.17) is 23.2 Å². The summed E-state index contributed by atoms with van der Waals surface area (Å²) in [4.78, 5) is 28.7. The molecule has 0 radical (unpaired) electrons. The molecule has 0 saturated carbocycles. The zero-order valence-corrected chi connectivity index (χ0v) is 20.3. The molecule has 0 bridgehead atoms. The number of carbonyl (C=O) groups is 1. The van der Waals surface area contributed by atoms with Crippen LogP contribution in [0.3, 0.4) is 0 Å². The van der Waals surface area contributed by atoms with Crippen molar-refractivity contribution in [2.24, 2.45) is 10.4 Å². The Morgan fingerprint density at radius 1 is 1.12 bits per heavy atom. The van der Waals surface area contributed by atoms with Crippen molar-refractivity contribution in [2.45, 2.75) is 33.4 Å². The number of guanidine groups is 1. The molecule has 3 heterocycles. The smallest absolute Gasteiger partial charge is 0.259 e. The SMILES string of the molecule is [C-]#[N+]c1cccc(CN2CCC3=C(C2)C(=O)N(Cc2ccc(Cl)cc2)C2=NCC(C)(C)CN23)c1. The molecule has 0 aliphatic carbocycles. The van der Waals surface area contributed by atoms with Crippen LogP contribution in [0.5, 0.6) is 0 Å². The van der Waals surface area contributed by atoms with Gasteiger partial charge < -0.3 is 4.90 Å². The third kappa shape index (κ3) is 4.46. The Labute approximate surface area is 205 Å². The van der Waals surface area contributed by atoms with Crippen LogP contribution in [0.25, 0.3) is 4.85 Å². The van der Waals surface area contributed by atoms with Crippen LogP contribution in [0, 0.1) is 12.0 Å². The van der Waals surface area contributed by atoms with Gasteiger partial charge in [0, 0.05) is 55.3 Å². The van der Waals surface area contributed by atoms with Crippen molar-refractivity contribution in [1.29, 1.82) is 0 Å². The fourth-order valence-corrected chi connectivity index (χ4v) is 5.08. The van der Waals surface area contributed by atoms with Crippen LogP contribution in [-0.4, -0.2) is 52.7 Å². The second-order valence-corrected chi connectivity index (χ2v) is 10.5. The fraction of sp³-hybridized carbons (Fsp3) is 0.370. The van der Waals surface area contributed by atoms with E-state index in [1.807, 2.05) is 53.4 Å². The molecule has 0 aromatic heterocycles. The van der Waals surface area contributed by atoms with Crippen molar-refractivity contribution in [3.05, 3.63) is 87.4 Å². The van der Waals surface area contributed by atoms with Gasteiger partial charge in [0.15, 0.2) is 5.69 Å². The monoisotopic (exact) mass is 473 g/mol. The number of amides is 1. The maximum atomic E-state index is 13.8. The molecule has 174 valence electrons. The normalized spacial score (nSPS) is 19.9. The number of fused-ring (bicyclic) bond motifs is 2. The summed E-state index contributed by atoms with van der Waals surface area (Å²) in [6, 6.07) is 15.4. The maximum Gasteiger partial charge on any atom is 0.259 e. The summed E-state index contributed by atoms with van der Waals surface area (Å²) in [5.74, 6) is 0.815. The lowest BCUT2D eigenvalue weighted by Gasteiger charge is -2.48. The van der Waals surface area contributed by atoms with Crippen LogP contribution >= 0.6 is 11.6 Å². The molecule has 3 aliphatic rings. The first-order chi connectivity index (χ1) is 16.3. The highest BCUT2D eigenvalue weighted by Gasteiger charge is 2.43. The molecule has 6 nitrogen and oxygen atoms in total. The van der Waals surface area contributed by atoms with Gasteiger partial charge in [-0.05, 0) is 23.3 Å². The number of halogens is 1. The molecular formula is C27H28ClN5O. The summed E-state index contributed by atoms with van der Waals surface area (Å²) in [6.07, 6.45) is 0.813. The van der Waals surface area contributed by atoms with Crippen molar-refractivity contribution < 1.29 is 4.79 Å². The quantitative estimate of drug-likeness (QED) is 0.581. The number of nitrogens with zero attached hydrogens (tertiary/aromatic N) is 5. The summed E-state index contributed by atoms with van der Waals surface area (Å²) in [7, 11) is 0. The molecule has 7 heteroatoms. The Morgan fingerprint density at radius 3 is 2.68 bits per heavy atom. The first-order valence-corrected chi connectivity index (χ1v) is 12.0. The van der Waals surface area contributed by atoms with Crippen molar-refractivity contribution in [3.8, 4) is 0 Å². The van der Waals surface area contributed by atoms with Crippen molar-refractivity contribution in [2.75, 3.05) is 26.2 Å².